The second kappa shape index (κ2) is 9.01. The van der Waals surface area contributed by atoms with Gasteiger partial charge in [-0.15, -0.1) is 0 Å². The molecule has 1 aliphatic heterocycles. The summed E-state index contributed by atoms with van der Waals surface area (Å²) in [7, 11) is 0. The van der Waals surface area contributed by atoms with E-state index in [4.69, 9.17) is 5.73 Å². The molecular formula is C24H28N6O3. The number of likely N-dealkylation sites (tertiary alicyclic amines) is 1. The summed E-state index contributed by atoms with van der Waals surface area (Å²) in [5.41, 5.74) is 9.62. The molecule has 1 aliphatic rings. The van der Waals surface area contributed by atoms with E-state index in [-0.39, 0.29) is 36.3 Å². The number of hydrogen-bond donors (Lipinski definition) is 1. The molecule has 0 radical (unpaired) electrons. The quantitative estimate of drug-likeness (QED) is 0.577. The Morgan fingerprint density at radius 3 is 2.58 bits per heavy atom. The number of carbonyl (C=O) groups is 2. The van der Waals surface area contributed by atoms with Crippen LogP contribution in [-0.2, 0) is 11.3 Å². The van der Waals surface area contributed by atoms with E-state index in [1.54, 1.807) is 16.5 Å². The number of carbonyl (C=O) groups excluding carboxylic acids is 2. The van der Waals surface area contributed by atoms with Gasteiger partial charge in [0.15, 0.2) is 5.78 Å². The molecule has 3 heterocycles. The fourth-order valence-electron chi connectivity index (χ4n) is 4.27. The SMILES string of the molecule is Cc1ccc(-n2ncc(C(=O)C3CCN(C(=O)CCn4c(C)cc(C)nc4=O)C3)c2N)cc1. The molecule has 9 nitrogen and oxygen atoms in total. The van der Waals surface area contributed by atoms with Gasteiger partial charge in [0.1, 0.15) is 5.82 Å². The predicted molar refractivity (Wildman–Crippen MR) is 124 cm³/mol. The molecule has 9 heteroatoms. The number of hydrogen-bond acceptors (Lipinski definition) is 6. The van der Waals surface area contributed by atoms with Gasteiger partial charge in [-0.1, -0.05) is 17.7 Å². The molecule has 2 aromatic heterocycles. The molecule has 1 unspecified atom stereocenters. The van der Waals surface area contributed by atoms with Crippen molar-refractivity contribution in [3.8, 4) is 5.69 Å². The standard InChI is InChI=1S/C24H28N6O3/c1-15-4-6-19(7-5-15)30-23(25)20(13-26-30)22(32)18-8-10-28(14-18)21(31)9-11-29-17(3)12-16(2)27-24(29)33/h4-7,12-13,18H,8-11,14,25H2,1-3H3. The van der Waals surface area contributed by atoms with Crippen molar-refractivity contribution >= 4 is 17.5 Å². The predicted octanol–water partition coefficient (Wildman–Crippen LogP) is 2.06. The normalized spacial score (nSPS) is 15.7. The van der Waals surface area contributed by atoms with Crippen LogP contribution in [0.15, 0.2) is 41.3 Å². The molecule has 0 spiro atoms. The lowest BCUT2D eigenvalue weighted by atomic mass is 9.98. The van der Waals surface area contributed by atoms with E-state index >= 15 is 0 Å². The molecule has 1 atom stereocenters. The number of benzene rings is 1. The molecule has 3 aromatic rings. The minimum absolute atomic E-state index is 0.0829. The van der Waals surface area contributed by atoms with E-state index in [0.717, 1.165) is 16.9 Å². The van der Waals surface area contributed by atoms with Gasteiger partial charge in [0.25, 0.3) is 0 Å². The van der Waals surface area contributed by atoms with E-state index in [1.807, 2.05) is 44.2 Å². The molecular weight excluding hydrogens is 420 g/mol. The number of rotatable bonds is 6. The average Bonchev–Trinajstić information content (AvgIpc) is 3.40. The Kier molecular flexibility index (Phi) is 6.13. The fraction of sp³-hybridized carbons (Fsp3) is 0.375. The highest BCUT2D eigenvalue weighted by Gasteiger charge is 2.33. The minimum atomic E-state index is -0.351. The van der Waals surface area contributed by atoms with Crippen LogP contribution >= 0.6 is 0 Å². The lowest BCUT2D eigenvalue weighted by Gasteiger charge is -2.17. The van der Waals surface area contributed by atoms with Gasteiger partial charge in [-0.25, -0.2) is 9.48 Å². The van der Waals surface area contributed by atoms with E-state index in [9.17, 15) is 14.4 Å². The first kappa shape index (κ1) is 22.4. The summed E-state index contributed by atoms with van der Waals surface area (Å²) in [5.74, 6) is -0.204. The van der Waals surface area contributed by atoms with Gasteiger partial charge >= 0.3 is 5.69 Å². The van der Waals surface area contributed by atoms with E-state index < -0.39 is 0 Å². The number of nitrogens with two attached hydrogens (primary N) is 1. The summed E-state index contributed by atoms with van der Waals surface area (Å²) >= 11 is 0. The molecule has 4 rings (SSSR count). The summed E-state index contributed by atoms with van der Waals surface area (Å²) in [4.78, 5) is 43.6. The van der Waals surface area contributed by atoms with Crippen molar-refractivity contribution in [2.75, 3.05) is 18.8 Å². The third-order valence-corrected chi connectivity index (χ3v) is 6.16. The third kappa shape index (κ3) is 4.57. The molecule has 33 heavy (non-hydrogen) atoms. The average molecular weight is 449 g/mol. The Bertz CT molecular complexity index is 1260. The summed E-state index contributed by atoms with van der Waals surface area (Å²) in [6.07, 6.45) is 2.26. The molecule has 1 amide bonds. The van der Waals surface area contributed by atoms with Crippen molar-refractivity contribution in [2.24, 2.45) is 5.92 Å². The van der Waals surface area contributed by atoms with Crippen molar-refractivity contribution in [3.63, 3.8) is 0 Å². The molecule has 0 aliphatic carbocycles. The Morgan fingerprint density at radius 2 is 1.88 bits per heavy atom. The zero-order valence-electron chi connectivity index (χ0n) is 19.1. The highest BCUT2D eigenvalue weighted by molar-refractivity contribution is 6.02. The van der Waals surface area contributed by atoms with Gasteiger partial charge in [-0.2, -0.15) is 10.1 Å². The maximum absolute atomic E-state index is 13.1. The fourth-order valence-corrected chi connectivity index (χ4v) is 4.27. The van der Waals surface area contributed by atoms with Crippen LogP contribution in [0.4, 0.5) is 5.82 Å². The number of aryl methyl sites for hydroxylation is 3. The second-order valence-electron chi connectivity index (χ2n) is 8.60. The summed E-state index contributed by atoms with van der Waals surface area (Å²) in [5, 5.41) is 4.30. The summed E-state index contributed by atoms with van der Waals surface area (Å²) in [6.45, 7) is 6.69. The zero-order valence-corrected chi connectivity index (χ0v) is 19.1. The van der Waals surface area contributed by atoms with Gasteiger partial charge in [0.05, 0.1) is 17.4 Å². The van der Waals surface area contributed by atoms with Crippen molar-refractivity contribution in [3.05, 3.63) is 69.5 Å². The molecule has 1 fully saturated rings. The molecule has 1 saturated heterocycles. The summed E-state index contributed by atoms with van der Waals surface area (Å²) in [6, 6.07) is 9.54. The van der Waals surface area contributed by atoms with E-state index in [0.29, 0.717) is 36.6 Å². The Morgan fingerprint density at radius 1 is 1.15 bits per heavy atom. The van der Waals surface area contributed by atoms with E-state index in [1.165, 1.54) is 10.8 Å². The smallest absolute Gasteiger partial charge is 0.347 e. The van der Waals surface area contributed by atoms with E-state index in [2.05, 4.69) is 10.1 Å². The Hall–Kier alpha value is -3.75. The van der Waals surface area contributed by atoms with Crippen LogP contribution in [-0.4, -0.2) is 49.0 Å². The maximum Gasteiger partial charge on any atom is 0.347 e. The van der Waals surface area contributed by atoms with Crippen molar-refractivity contribution in [1.82, 2.24) is 24.2 Å². The zero-order chi connectivity index (χ0) is 23.7. The Balaban J connectivity index is 1.40. The second-order valence-corrected chi connectivity index (χ2v) is 8.60. The number of Topliss-reactive ketones (excluding diaryl/α,β-unsaturated/α-hetero) is 1. The van der Waals surface area contributed by atoms with Crippen molar-refractivity contribution in [1.29, 1.82) is 0 Å². The lowest BCUT2D eigenvalue weighted by Crippen LogP contribution is -2.33. The molecule has 172 valence electrons. The molecule has 0 saturated carbocycles. The maximum atomic E-state index is 13.1. The van der Waals surface area contributed by atoms with Crippen LogP contribution in [0.5, 0.6) is 0 Å². The van der Waals surface area contributed by atoms with Crippen molar-refractivity contribution < 1.29 is 9.59 Å². The van der Waals surface area contributed by atoms with Crippen LogP contribution in [0.2, 0.25) is 0 Å². The van der Waals surface area contributed by atoms with Gasteiger partial charge in [0.2, 0.25) is 5.91 Å². The first-order valence-corrected chi connectivity index (χ1v) is 11.0. The third-order valence-electron chi connectivity index (χ3n) is 6.16. The van der Waals surface area contributed by atoms with Crippen molar-refractivity contribution in [2.45, 2.75) is 40.2 Å². The number of ketones is 1. The number of nitrogens with zero attached hydrogens (tertiary/aromatic N) is 5. The van der Waals surface area contributed by atoms with Crippen LogP contribution in [0.3, 0.4) is 0 Å². The van der Waals surface area contributed by atoms with Crippen LogP contribution in [0.25, 0.3) is 5.69 Å². The summed E-state index contributed by atoms with van der Waals surface area (Å²) < 4.78 is 3.06. The number of amides is 1. The van der Waals surface area contributed by atoms with Gasteiger partial charge in [-0.05, 0) is 45.4 Å². The molecule has 1 aromatic carbocycles. The lowest BCUT2D eigenvalue weighted by molar-refractivity contribution is -0.130. The molecule has 2 N–H and O–H groups in total. The first-order chi connectivity index (χ1) is 15.7. The van der Waals surface area contributed by atoms with Gasteiger partial charge < -0.3 is 10.6 Å². The molecule has 0 bridgehead atoms. The largest absolute Gasteiger partial charge is 0.383 e. The van der Waals surface area contributed by atoms with Gasteiger partial charge in [0, 0.05) is 43.4 Å². The Labute approximate surface area is 191 Å². The van der Waals surface area contributed by atoms with Gasteiger partial charge in [-0.3, -0.25) is 14.2 Å². The first-order valence-electron chi connectivity index (χ1n) is 11.0. The topological polar surface area (TPSA) is 116 Å². The highest BCUT2D eigenvalue weighted by Crippen LogP contribution is 2.26. The van der Waals surface area contributed by atoms with Crippen LogP contribution in [0, 0.1) is 26.7 Å². The number of aromatic nitrogens is 4. The number of nitrogen functional groups attached to an aromatic ring is 1. The van der Waals surface area contributed by atoms with Crippen LogP contribution in [0.1, 0.15) is 40.2 Å². The minimum Gasteiger partial charge on any atom is -0.383 e. The van der Waals surface area contributed by atoms with Crippen LogP contribution < -0.4 is 11.4 Å². The highest BCUT2D eigenvalue weighted by atomic mass is 16.2. The number of anilines is 1. The monoisotopic (exact) mass is 448 g/mol.